The Morgan fingerprint density at radius 1 is 0.586 bits per heavy atom. The van der Waals surface area contributed by atoms with Gasteiger partial charge in [0.2, 0.25) is 0 Å². The molecule has 1 fully saturated rings. The molecule has 0 amide bonds. The van der Waals surface area contributed by atoms with E-state index in [1.807, 2.05) is 140 Å². The summed E-state index contributed by atoms with van der Waals surface area (Å²) in [7, 11) is -2.23. The maximum absolute atomic E-state index is 15.4. The van der Waals surface area contributed by atoms with Crippen LogP contribution >= 0.6 is 7.37 Å². The van der Waals surface area contributed by atoms with Crippen LogP contribution in [-0.4, -0.2) is 87.3 Å². The minimum atomic E-state index is -3.89. The smallest absolute Gasteiger partial charge is 0.311 e. The molecule has 4 unspecified atom stereocenters. The van der Waals surface area contributed by atoms with Gasteiger partial charge in [-0.3, -0.25) is 4.57 Å². The molecule has 0 radical (unpaired) electrons. The van der Waals surface area contributed by atoms with Gasteiger partial charge in [-0.15, -0.1) is 5.06 Å². The van der Waals surface area contributed by atoms with Gasteiger partial charge in [-0.1, -0.05) is 84.9 Å². The van der Waals surface area contributed by atoms with E-state index in [1.165, 1.54) is 0 Å². The number of aliphatic hydroxyl groups is 1. The van der Waals surface area contributed by atoms with Crippen LogP contribution in [-0.2, 0) is 26.9 Å². The predicted octanol–water partition coefficient (Wildman–Crippen LogP) is 9.23. The van der Waals surface area contributed by atoms with Crippen LogP contribution in [0.3, 0.4) is 0 Å². The van der Waals surface area contributed by atoms with Crippen molar-refractivity contribution in [3.63, 3.8) is 0 Å². The molecule has 7 aromatic carbocycles. The van der Waals surface area contributed by atoms with Gasteiger partial charge in [0.25, 0.3) is 0 Å². The molecule has 0 aliphatic carbocycles. The summed E-state index contributed by atoms with van der Waals surface area (Å²) in [5, 5.41) is 23.4. The minimum Gasteiger partial charge on any atom is -0.491 e. The Morgan fingerprint density at radius 3 is 1.66 bits per heavy atom. The van der Waals surface area contributed by atoms with Crippen LogP contribution in [0.25, 0.3) is 11.1 Å². The van der Waals surface area contributed by atoms with Crippen molar-refractivity contribution in [2.75, 3.05) is 53.6 Å². The fraction of sp³-hybridized carbons (Fsp3) is 0.250. The van der Waals surface area contributed by atoms with Gasteiger partial charge in [-0.2, -0.15) is 0 Å². The molecule has 13 nitrogen and oxygen atoms in total. The molecule has 2 N–H and O–H groups in total. The topological polar surface area (TPSA) is 147 Å². The van der Waals surface area contributed by atoms with E-state index in [0.29, 0.717) is 41.5 Å². The Balaban J connectivity index is 0.808. The molecule has 9 rings (SSSR count). The van der Waals surface area contributed by atoms with Crippen molar-refractivity contribution in [3.8, 4) is 51.4 Å². The highest BCUT2D eigenvalue weighted by atomic mass is 31.2. The average Bonchev–Trinajstić information content (AvgIpc) is 4.24. The second-order valence-corrected chi connectivity index (χ2v) is 19.4. The van der Waals surface area contributed by atoms with Gasteiger partial charge in [0, 0.05) is 12.7 Å². The fourth-order valence-corrected chi connectivity index (χ4v) is 10.1. The monoisotopic (exact) mass is 965 g/mol. The Labute approximate surface area is 408 Å². The molecule has 1 saturated heterocycles. The number of benzene rings is 7. The summed E-state index contributed by atoms with van der Waals surface area (Å²) in [6.07, 6.45) is 0.701. The number of hydrogen-bond donors (Lipinski definition) is 2. The molecule has 14 heteroatoms. The maximum atomic E-state index is 15.4. The van der Waals surface area contributed by atoms with E-state index < -0.39 is 13.5 Å². The zero-order chi connectivity index (χ0) is 48.3. The summed E-state index contributed by atoms with van der Waals surface area (Å²) in [4.78, 5) is 0. The third-order valence-corrected chi connectivity index (χ3v) is 14.2. The second-order valence-electron chi connectivity index (χ2n) is 17.2. The number of aliphatic hydroxyl groups excluding tert-OH is 1. The molecule has 2 heterocycles. The van der Waals surface area contributed by atoms with Crippen molar-refractivity contribution in [3.05, 3.63) is 186 Å². The molecular weight excluding hydrogens is 910 g/mol. The summed E-state index contributed by atoms with van der Waals surface area (Å²) in [5.41, 5.74) is 6.07. The van der Waals surface area contributed by atoms with Gasteiger partial charge in [-0.25, -0.2) is 0 Å². The molecule has 0 bridgehead atoms. The molecule has 4 atom stereocenters. The summed E-state index contributed by atoms with van der Waals surface area (Å²) in [6, 6.07) is 51.1. The van der Waals surface area contributed by atoms with Crippen molar-refractivity contribution in [2.24, 2.45) is 0 Å². The molecule has 2 aliphatic heterocycles. The highest BCUT2D eigenvalue weighted by Gasteiger charge is 2.40. The standard InChI is InChI=1S/C56H56NO12P/c1-39(61-2)32-62-45-19-11-40(12-20-45)29-41-13-21-46(22-14-41)63-33-44(58)34-64-49-27-28-54(56(31-49)70(60)55-10-6-4-8-52(55)51-7-3-5-9-53(51)69-70)68-38-57(59)37-67-48-25-17-43(18-26-48)30-42-15-23-47(24-16-42)65-35-50-36-66-50/h3-28,31,39,44,50,58-59H,29-30,32-38H2,1-2H3. The lowest BCUT2D eigenvalue weighted by Crippen LogP contribution is -2.31. The summed E-state index contributed by atoms with van der Waals surface area (Å²) in [5.74, 6) is 3.77. The zero-order valence-electron chi connectivity index (χ0n) is 39.1. The normalized spacial score (nSPS) is 16.5. The van der Waals surface area contributed by atoms with Crippen LogP contribution in [0.4, 0.5) is 0 Å². The van der Waals surface area contributed by atoms with E-state index in [9.17, 15) is 10.3 Å². The quantitative estimate of drug-likeness (QED) is 0.0257. The van der Waals surface area contributed by atoms with Crippen LogP contribution in [0, 0.1) is 0 Å². The first-order chi connectivity index (χ1) is 34.2. The van der Waals surface area contributed by atoms with Gasteiger partial charge in [-0.05, 0) is 126 Å². The van der Waals surface area contributed by atoms with Gasteiger partial charge < -0.3 is 52.7 Å². The minimum absolute atomic E-state index is 0.0152. The number of methoxy groups -OCH3 is 1. The first kappa shape index (κ1) is 48.2. The number of fused-ring (bicyclic) bond motifs is 3. The fourth-order valence-electron chi connectivity index (χ4n) is 7.72. The Hall–Kier alpha value is -6.83. The van der Waals surface area contributed by atoms with E-state index >= 15 is 4.57 Å². The Kier molecular flexibility index (Phi) is 15.7. The van der Waals surface area contributed by atoms with Crippen LogP contribution in [0.1, 0.15) is 29.2 Å². The van der Waals surface area contributed by atoms with Crippen molar-refractivity contribution in [1.82, 2.24) is 5.06 Å². The van der Waals surface area contributed by atoms with Crippen LogP contribution in [0.15, 0.2) is 164 Å². The number of hydroxylamine groups is 2. The lowest BCUT2D eigenvalue weighted by Gasteiger charge is -2.30. The first-order valence-corrected chi connectivity index (χ1v) is 24.8. The highest BCUT2D eigenvalue weighted by Crippen LogP contribution is 2.55. The first-order valence-electron chi connectivity index (χ1n) is 23.2. The molecule has 0 aromatic heterocycles. The molecule has 362 valence electrons. The maximum Gasteiger partial charge on any atom is 0.311 e. The lowest BCUT2D eigenvalue weighted by molar-refractivity contribution is -0.169. The van der Waals surface area contributed by atoms with Crippen molar-refractivity contribution in [1.29, 1.82) is 0 Å². The van der Waals surface area contributed by atoms with Crippen LogP contribution in [0.5, 0.6) is 40.2 Å². The number of ether oxygens (including phenoxy) is 8. The van der Waals surface area contributed by atoms with Gasteiger partial charge in [0.05, 0.1) is 23.3 Å². The number of nitrogens with zero attached hydrogens (tertiary/aromatic N) is 1. The van der Waals surface area contributed by atoms with Crippen molar-refractivity contribution < 1.29 is 57.3 Å². The number of hydrogen-bond acceptors (Lipinski definition) is 13. The zero-order valence-corrected chi connectivity index (χ0v) is 40.0. The molecule has 2 aliphatic rings. The third kappa shape index (κ3) is 12.7. The average molecular weight is 966 g/mol. The molecule has 0 saturated carbocycles. The summed E-state index contributed by atoms with van der Waals surface area (Å²) in [6.45, 7) is 3.09. The van der Waals surface area contributed by atoms with Crippen molar-refractivity contribution in [2.45, 2.75) is 38.1 Å². The molecule has 7 aromatic rings. The molecular formula is C56H56NO12P. The van der Waals surface area contributed by atoms with Crippen LogP contribution < -0.4 is 43.6 Å². The summed E-state index contributed by atoms with van der Waals surface area (Å²) >= 11 is 0. The Morgan fingerprint density at radius 2 is 1.07 bits per heavy atom. The van der Waals surface area contributed by atoms with Crippen LogP contribution in [0.2, 0.25) is 0 Å². The molecule has 70 heavy (non-hydrogen) atoms. The summed E-state index contributed by atoms with van der Waals surface area (Å²) < 4.78 is 67.9. The lowest BCUT2D eigenvalue weighted by atomic mass is 10.0. The predicted molar refractivity (Wildman–Crippen MR) is 266 cm³/mol. The third-order valence-electron chi connectivity index (χ3n) is 11.7. The van der Waals surface area contributed by atoms with E-state index in [-0.39, 0.29) is 49.9 Å². The second kappa shape index (κ2) is 22.7. The van der Waals surface area contributed by atoms with Gasteiger partial charge >= 0.3 is 7.37 Å². The van der Waals surface area contributed by atoms with E-state index in [0.717, 1.165) is 69.4 Å². The van der Waals surface area contributed by atoms with E-state index in [2.05, 4.69) is 0 Å². The number of epoxide rings is 1. The van der Waals surface area contributed by atoms with E-state index in [1.54, 1.807) is 37.4 Å². The highest BCUT2D eigenvalue weighted by molar-refractivity contribution is 7.75. The molecule has 0 spiro atoms. The largest absolute Gasteiger partial charge is 0.491 e. The SMILES string of the molecule is COC(C)COc1ccc(Cc2ccc(OCC(O)COc3ccc(OCN(O)COc4ccc(Cc5ccc(OCC6CO6)cc5)cc4)c(P4(=O)Oc5ccccc5-c5ccccc54)c3)cc2)cc1. The number of para-hydroxylation sites is 1. The Bertz CT molecular complexity index is 2840. The van der Waals surface area contributed by atoms with Crippen molar-refractivity contribution >= 4 is 18.0 Å². The van der Waals surface area contributed by atoms with Gasteiger partial charge in [0.15, 0.2) is 13.5 Å². The van der Waals surface area contributed by atoms with E-state index in [4.69, 9.17) is 42.4 Å². The van der Waals surface area contributed by atoms with Gasteiger partial charge in [0.1, 0.15) is 78.9 Å². The number of rotatable bonds is 24.